The minimum Gasteiger partial charge on any atom is -0.309 e. The number of fused-ring (bicyclic) bond motifs is 10. The smallest absolute Gasteiger partial charge is 0.235 e. The van der Waals surface area contributed by atoms with Gasteiger partial charge in [0, 0.05) is 43.5 Å². The third-order valence-corrected chi connectivity index (χ3v) is 11.1. The number of rotatable bonds is 3. The Kier molecular flexibility index (Phi) is 5.70. The van der Waals surface area contributed by atoms with Crippen molar-refractivity contribution in [3.8, 4) is 34.2 Å². The van der Waals surface area contributed by atoms with Gasteiger partial charge in [-0.3, -0.25) is 4.57 Å². The van der Waals surface area contributed by atoms with Crippen molar-refractivity contribution in [3.63, 3.8) is 0 Å². The molecule has 0 amide bonds. The second kappa shape index (κ2) is 10.3. The Morgan fingerprint density at radius 2 is 1.06 bits per heavy atom. The topological polar surface area (TPSA) is 35.6 Å². The van der Waals surface area contributed by atoms with Crippen LogP contribution in [0.15, 0.2) is 158 Å². The van der Waals surface area contributed by atoms with Crippen LogP contribution >= 0.6 is 0 Å². The van der Waals surface area contributed by atoms with Gasteiger partial charge in [-0.15, -0.1) is 0 Å². The van der Waals surface area contributed by atoms with Crippen LogP contribution in [0.5, 0.6) is 0 Å². The maximum Gasteiger partial charge on any atom is 0.235 e. The fourth-order valence-corrected chi connectivity index (χ4v) is 8.67. The molecule has 240 valence electrons. The first-order valence-corrected chi connectivity index (χ1v) is 17.6. The first-order valence-electron chi connectivity index (χ1n) is 17.6. The lowest BCUT2D eigenvalue weighted by Crippen LogP contribution is -2.26. The molecular formula is C47H32N4. The summed E-state index contributed by atoms with van der Waals surface area (Å²) in [7, 11) is 0. The van der Waals surface area contributed by atoms with Gasteiger partial charge < -0.3 is 4.57 Å². The summed E-state index contributed by atoms with van der Waals surface area (Å²) in [6.45, 7) is 4.75. The molecule has 0 N–H and O–H groups in total. The van der Waals surface area contributed by atoms with E-state index in [0.717, 1.165) is 33.5 Å². The Bertz CT molecular complexity index is 2980. The first kappa shape index (κ1) is 28.3. The van der Waals surface area contributed by atoms with Crippen LogP contribution < -0.4 is 0 Å². The lowest BCUT2D eigenvalue weighted by atomic mass is 9.74. The van der Waals surface area contributed by atoms with Crippen LogP contribution in [0.1, 0.15) is 25.0 Å². The number of aromatic nitrogens is 4. The summed E-state index contributed by atoms with van der Waals surface area (Å²) in [5.74, 6) is 0.657. The molecule has 0 radical (unpaired) electrons. The largest absolute Gasteiger partial charge is 0.309 e. The molecule has 4 nitrogen and oxygen atoms in total. The standard InChI is InChI=1S/C47H32N4/c1-47(2)37-22-13-21-34-33-20-11-12-23-41(33)50(45(34)37)43-28-42-36(26-38(43)47)35-25-24-29-14-9-10-19-32(29)44(35)51(42)46-48-39(30-15-5-3-6-16-30)27-40(49-46)31-17-7-4-8-18-31/h3-28H,1-2H3. The molecule has 3 aromatic heterocycles. The van der Waals surface area contributed by atoms with Crippen molar-refractivity contribution in [1.29, 1.82) is 0 Å². The number of nitrogens with zero attached hydrogens (tertiary/aromatic N) is 4. The molecule has 4 heteroatoms. The summed E-state index contributed by atoms with van der Waals surface area (Å²) in [6, 6.07) is 56.7. The number of benzene rings is 7. The molecule has 0 atom stereocenters. The molecule has 1 aliphatic heterocycles. The van der Waals surface area contributed by atoms with Crippen LogP contribution in [-0.4, -0.2) is 19.1 Å². The van der Waals surface area contributed by atoms with E-state index >= 15 is 0 Å². The predicted octanol–water partition coefficient (Wildman–Crippen LogP) is 11.8. The molecule has 10 aromatic rings. The molecule has 0 bridgehead atoms. The summed E-state index contributed by atoms with van der Waals surface area (Å²) in [5, 5.41) is 7.32. The van der Waals surface area contributed by atoms with Crippen molar-refractivity contribution in [3.05, 3.63) is 169 Å². The molecule has 0 unspecified atom stereocenters. The first-order chi connectivity index (χ1) is 25.1. The second-order valence-electron chi connectivity index (χ2n) is 14.3. The number of para-hydroxylation sites is 2. The summed E-state index contributed by atoms with van der Waals surface area (Å²) in [6.07, 6.45) is 0. The van der Waals surface area contributed by atoms with Crippen LogP contribution in [0.3, 0.4) is 0 Å². The van der Waals surface area contributed by atoms with Gasteiger partial charge in [-0.05, 0) is 40.8 Å². The van der Waals surface area contributed by atoms with Crippen LogP contribution in [0.4, 0.5) is 0 Å². The molecule has 51 heavy (non-hydrogen) atoms. The van der Waals surface area contributed by atoms with Gasteiger partial charge in [-0.25, -0.2) is 9.97 Å². The van der Waals surface area contributed by atoms with Crippen molar-refractivity contribution >= 4 is 54.4 Å². The molecule has 0 spiro atoms. The molecule has 11 rings (SSSR count). The molecule has 0 fully saturated rings. The van der Waals surface area contributed by atoms with Crippen molar-refractivity contribution in [2.45, 2.75) is 19.3 Å². The van der Waals surface area contributed by atoms with E-state index in [1.165, 1.54) is 60.2 Å². The lowest BCUT2D eigenvalue weighted by molar-refractivity contribution is 0.631. The quantitative estimate of drug-likeness (QED) is 0.190. The van der Waals surface area contributed by atoms with Crippen molar-refractivity contribution < 1.29 is 0 Å². The molecule has 0 aliphatic carbocycles. The van der Waals surface area contributed by atoms with E-state index in [4.69, 9.17) is 9.97 Å². The van der Waals surface area contributed by atoms with E-state index in [1.54, 1.807) is 0 Å². The summed E-state index contributed by atoms with van der Waals surface area (Å²) < 4.78 is 4.82. The molecule has 7 aromatic carbocycles. The average Bonchev–Trinajstić information content (AvgIpc) is 3.70. The highest BCUT2D eigenvalue weighted by Crippen LogP contribution is 2.50. The molecule has 4 heterocycles. The third-order valence-electron chi connectivity index (χ3n) is 11.1. The molecule has 1 aliphatic rings. The molecule has 0 saturated carbocycles. The second-order valence-corrected chi connectivity index (χ2v) is 14.3. The van der Waals surface area contributed by atoms with Gasteiger partial charge >= 0.3 is 0 Å². The average molecular weight is 653 g/mol. The van der Waals surface area contributed by atoms with Crippen molar-refractivity contribution in [1.82, 2.24) is 19.1 Å². The highest BCUT2D eigenvalue weighted by Gasteiger charge is 2.36. The summed E-state index contributed by atoms with van der Waals surface area (Å²) in [4.78, 5) is 10.8. The van der Waals surface area contributed by atoms with Gasteiger partial charge in [0.25, 0.3) is 0 Å². The van der Waals surface area contributed by atoms with Gasteiger partial charge in [-0.1, -0.05) is 147 Å². The SMILES string of the molecule is CC1(C)c2cc3c4ccc5ccccc5c4n(-c4nc(-c5ccccc5)cc(-c5ccccc5)n4)c3cc2-n2c3ccccc3c3cccc1c32. The van der Waals surface area contributed by atoms with Crippen molar-refractivity contribution in [2.75, 3.05) is 0 Å². The maximum atomic E-state index is 5.38. The summed E-state index contributed by atoms with van der Waals surface area (Å²) in [5.41, 5.74) is 12.3. The van der Waals surface area contributed by atoms with Gasteiger partial charge in [0.05, 0.1) is 39.1 Å². The van der Waals surface area contributed by atoms with Crippen molar-refractivity contribution in [2.24, 2.45) is 0 Å². The Balaban J connectivity index is 1.32. The predicted molar refractivity (Wildman–Crippen MR) is 211 cm³/mol. The van der Waals surface area contributed by atoms with E-state index in [-0.39, 0.29) is 5.41 Å². The lowest BCUT2D eigenvalue weighted by Gasteiger charge is -2.35. The Hall–Kier alpha value is -6.52. The Labute approximate surface area is 294 Å². The van der Waals surface area contributed by atoms with Crippen LogP contribution in [0.25, 0.3) is 88.5 Å². The Morgan fingerprint density at radius 1 is 0.431 bits per heavy atom. The van der Waals surface area contributed by atoms with E-state index in [0.29, 0.717) is 5.95 Å². The van der Waals surface area contributed by atoms with Crippen LogP contribution in [0, 0.1) is 0 Å². The normalized spacial score (nSPS) is 13.5. The van der Waals surface area contributed by atoms with Crippen LogP contribution in [-0.2, 0) is 5.41 Å². The van der Waals surface area contributed by atoms with Gasteiger partial charge in [0.2, 0.25) is 5.95 Å². The van der Waals surface area contributed by atoms with Gasteiger partial charge in [-0.2, -0.15) is 0 Å². The zero-order chi connectivity index (χ0) is 33.8. The minimum atomic E-state index is -0.219. The number of hydrogen-bond donors (Lipinski definition) is 0. The van der Waals surface area contributed by atoms with Gasteiger partial charge in [0.1, 0.15) is 0 Å². The van der Waals surface area contributed by atoms with Crippen LogP contribution in [0.2, 0.25) is 0 Å². The third kappa shape index (κ3) is 3.90. The minimum absolute atomic E-state index is 0.219. The van der Waals surface area contributed by atoms with E-state index < -0.39 is 0 Å². The summed E-state index contributed by atoms with van der Waals surface area (Å²) >= 11 is 0. The molecular weight excluding hydrogens is 621 g/mol. The van der Waals surface area contributed by atoms with E-state index in [2.05, 4.69) is 169 Å². The maximum absolute atomic E-state index is 5.38. The zero-order valence-electron chi connectivity index (χ0n) is 28.3. The highest BCUT2D eigenvalue weighted by molar-refractivity contribution is 6.19. The van der Waals surface area contributed by atoms with E-state index in [9.17, 15) is 0 Å². The Morgan fingerprint density at radius 3 is 1.80 bits per heavy atom. The zero-order valence-corrected chi connectivity index (χ0v) is 28.3. The van der Waals surface area contributed by atoms with E-state index in [1.807, 2.05) is 12.1 Å². The number of hydrogen-bond acceptors (Lipinski definition) is 2. The van der Waals surface area contributed by atoms with Gasteiger partial charge in [0.15, 0.2) is 0 Å². The monoisotopic (exact) mass is 652 g/mol. The highest BCUT2D eigenvalue weighted by atomic mass is 15.2. The molecule has 0 saturated heterocycles. The fraction of sp³-hybridized carbons (Fsp3) is 0.0638. The fourth-order valence-electron chi connectivity index (χ4n) is 8.67.